The van der Waals surface area contributed by atoms with Gasteiger partial charge in [0.2, 0.25) is 5.91 Å². The molecule has 0 aromatic heterocycles. The molecule has 1 heterocycles. The van der Waals surface area contributed by atoms with Crippen molar-refractivity contribution in [3.63, 3.8) is 0 Å². The molecular weight excluding hydrogens is 276 g/mol. The highest BCUT2D eigenvalue weighted by molar-refractivity contribution is 6.01. The highest BCUT2D eigenvalue weighted by Gasteiger charge is 2.53. The Bertz CT molecular complexity index is 672. The van der Waals surface area contributed by atoms with Crippen molar-refractivity contribution in [3.05, 3.63) is 42.0 Å². The second-order valence-corrected chi connectivity index (χ2v) is 6.98. The highest BCUT2D eigenvalue weighted by Crippen LogP contribution is 2.50. The van der Waals surface area contributed by atoms with Crippen molar-refractivity contribution in [1.29, 1.82) is 5.26 Å². The van der Waals surface area contributed by atoms with Crippen LogP contribution in [0.15, 0.2) is 42.0 Å². The van der Waals surface area contributed by atoms with Crippen molar-refractivity contribution in [2.75, 3.05) is 11.4 Å². The number of rotatable bonds is 1. The van der Waals surface area contributed by atoms with E-state index in [1.165, 1.54) is 0 Å². The topological polar surface area (TPSA) is 64.3 Å². The van der Waals surface area contributed by atoms with Gasteiger partial charge < -0.3 is 10.0 Å². The zero-order chi connectivity index (χ0) is 16.0. The van der Waals surface area contributed by atoms with Crippen molar-refractivity contribution in [2.45, 2.75) is 32.8 Å². The van der Waals surface area contributed by atoms with E-state index in [0.29, 0.717) is 25.0 Å². The van der Waals surface area contributed by atoms with Crippen LogP contribution in [0.2, 0.25) is 0 Å². The van der Waals surface area contributed by atoms with E-state index in [0.717, 1.165) is 5.69 Å². The van der Waals surface area contributed by atoms with E-state index in [4.69, 9.17) is 0 Å². The lowest BCUT2D eigenvalue weighted by atomic mass is 9.63. The van der Waals surface area contributed by atoms with Gasteiger partial charge in [-0.2, -0.15) is 5.26 Å². The van der Waals surface area contributed by atoms with Crippen molar-refractivity contribution in [2.24, 2.45) is 10.8 Å². The molecule has 1 amide bonds. The first-order chi connectivity index (χ1) is 10.4. The minimum atomic E-state index is -0.804. The summed E-state index contributed by atoms with van der Waals surface area (Å²) in [5, 5.41) is 19.6. The molecule has 1 aliphatic carbocycles. The number of nitrogens with zero attached hydrogens (tertiary/aromatic N) is 2. The van der Waals surface area contributed by atoms with E-state index >= 15 is 0 Å². The van der Waals surface area contributed by atoms with Gasteiger partial charge in [-0.25, -0.2) is 0 Å². The molecule has 1 aliphatic heterocycles. The number of hydrogen-bond donors (Lipinski definition) is 1. The number of anilines is 1. The molecule has 1 saturated heterocycles. The van der Waals surface area contributed by atoms with Crippen molar-refractivity contribution in [3.8, 4) is 6.07 Å². The van der Waals surface area contributed by atoms with E-state index < -0.39 is 16.9 Å². The summed E-state index contributed by atoms with van der Waals surface area (Å²) in [5.74, 6) is 0.0337. The average Bonchev–Trinajstić information content (AvgIpc) is 2.80. The SMILES string of the molecule is CC1(C)CC2(C=C(C#N)C1O)CCN(c1ccccc1)C2=O. The maximum absolute atomic E-state index is 13.0. The molecule has 4 heteroatoms. The lowest BCUT2D eigenvalue weighted by Crippen LogP contribution is -2.45. The lowest BCUT2D eigenvalue weighted by molar-refractivity contribution is -0.126. The summed E-state index contributed by atoms with van der Waals surface area (Å²) in [4.78, 5) is 14.8. The van der Waals surface area contributed by atoms with E-state index in [2.05, 4.69) is 6.07 Å². The van der Waals surface area contributed by atoms with Gasteiger partial charge in [-0.1, -0.05) is 38.1 Å². The Morgan fingerprint density at radius 1 is 1.32 bits per heavy atom. The summed E-state index contributed by atoms with van der Waals surface area (Å²) in [6.07, 6.45) is 2.16. The molecule has 3 rings (SSSR count). The van der Waals surface area contributed by atoms with Gasteiger partial charge in [0, 0.05) is 12.2 Å². The van der Waals surface area contributed by atoms with E-state index in [-0.39, 0.29) is 5.91 Å². The second-order valence-electron chi connectivity index (χ2n) is 6.98. The standard InChI is InChI=1S/C18H20N2O2/c1-17(2)12-18(10-13(11-19)15(17)21)8-9-20(16(18)22)14-6-4-3-5-7-14/h3-7,10,15,21H,8-9,12H2,1-2H3. The van der Waals surface area contributed by atoms with Gasteiger partial charge in [0.15, 0.2) is 0 Å². The van der Waals surface area contributed by atoms with E-state index in [1.807, 2.05) is 44.2 Å². The number of aliphatic hydroxyl groups excluding tert-OH is 1. The van der Waals surface area contributed by atoms with Crippen LogP contribution < -0.4 is 4.90 Å². The lowest BCUT2D eigenvalue weighted by Gasteiger charge is -2.42. The summed E-state index contributed by atoms with van der Waals surface area (Å²) in [5.41, 5.74) is 0.0611. The molecule has 114 valence electrons. The molecule has 2 unspecified atom stereocenters. The number of carbonyl (C=O) groups is 1. The summed E-state index contributed by atoms with van der Waals surface area (Å²) in [7, 11) is 0. The van der Waals surface area contributed by atoms with Gasteiger partial charge in [0.25, 0.3) is 0 Å². The molecule has 1 aromatic carbocycles. The zero-order valence-electron chi connectivity index (χ0n) is 12.9. The average molecular weight is 296 g/mol. The van der Waals surface area contributed by atoms with Crippen LogP contribution in [-0.2, 0) is 4.79 Å². The number of carbonyl (C=O) groups excluding carboxylic acids is 1. The fourth-order valence-corrected chi connectivity index (χ4v) is 3.79. The Labute approximate surface area is 130 Å². The normalized spacial score (nSPS) is 30.3. The third-order valence-electron chi connectivity index (χ3n) is 4.89. The molecule has 0 radical (unpaired) electrons. The van der Waals surface area contributed by atoms with E-state index in [1.54, 1.807) is 11.0 Å². The van der Waals surface area contributed by atoms with Crippen LogP contribution in [0, 0.1) is 22.2 Å². The van der Waals surface area contributed by atoms with Gasteiger partial charge in [-0.05, 0) is 30.4 Å². The van der Waals surface area contributed by atoms with Crippen LogP contribution in [0.4, 0.5) is 5.69 Å². The van der Waals surface area contributed by atoms with Crippen LogP contribution in [0.1, 0.15) is 26.7 Å². The molecule has 0 bridgehead atoms. The van der Waals surface area contributed by atoms with Crippen molar-refractivity contribution < 1.29 is 9.90 Å². The summed E-state index contributed by atoms with van der Waals surface area (Å²) in [6, 6.07) is 11.7. The molecule has 2 aliphatic rings. The third kappa shape index (κ3) is 2.13. The molecule has 0 saturated carbocycles. The number of hydrogen-bond acceptors (Lipinski definition) is 3. The molecule has 2 atom stereocenters. The monoisotopic (exact) mass is 296 g/mol. The molecule has 1 N–H and O–H groups in total. The highest BCUT2D eigenvalue weighted by atomic mass is 16.3. The maximum Gasteiger partial charge on any atom is 0.237 e. The summed E-state index contributed by atoms with van der Waals surface area (Å²) in [6.45, 7) is 4.48. The molecule has 1 spiro atoms. The van der Waals surface area contributed by atoms with Crippen molar-refractivity contribution in [1.82, 2.24) is 0 Å². The van der Waals surface area contributed by atoms with Crippen LogP contribution >= 0.6 is 0 Å². The minimum Gasteiger partial charge on any atom is -0.387 e. The third-order valence-corrected chi connectivity index (χ3v) is 4.89. The first kappa shape index (κ1) is 14.8. The Morgan fingerprint density at radius 2 is 2.00 bits per heavy atom. The molecular formula is C18H20N2O2. The number of nitriles is 1. The number of para-hydroxylation sites is 1. The Hall–Kier alpha value is -2.12. The van der Waals surface area contributed by atoms with Crippen LogP contribution in [0.5, 0.6) is 0 Å². The largest absolute Gasteiger partial charge is 0.387 e. The predicted molar refractivity (Wildman–Crippen MR) is 83.9 cm³/mol. The number of amides is 1. The van der Waals surface area contributed by atoms with Crippen LogP contribution in [0.25, 0.3) is 0 Å². The minimum absolute atomic E-state index is 0.0337. The summed E-state index contributed by atoms with van der Waals surface area (Å²) >= 11 is 0. The van der Waals surface area contributed by atoms with Crippen molar-refractivity contribution >= 4 is 11.6 Å². The maximum atomic E-state index is 13.0. The Kier molecular flexibility index (Phi) is 3.34. The smallest absolute Gasteiger partial charge is 0.237 e. The number of aliphatic hydroxyl groups is 1. The van der Waals surface area contributed by atoms with Gasteiger partial charge in [-0.3, -0.25) is 4.79 Å². The first-order valence-corrected chi connectivity index (χ1v) is 7.58. The number of benzene rings is 1. The fourth-order valence-electron chi connectivity index (χ4n) is 3.79. The Balaban J connectivity index is 2.00. The van der Waals surface area contributed by atoms with Gasteiger partial charge in [0.05, 0.1) is 23.2 Å². The Morgan fingerprint density at radius 3 is 2.64 bits per heavy atom. The summed E-state index contributed by atoms with van der Waals surface area (Å²) < 4.78 is 0. The second kappa shape index (κ2) is 4.96. The van der Waals surface area contributed by atoms with Crippen LogP contribution in [-0.4, -0.2) is 23.7 Å². The molecule has 4 nitrogen and oxygen atoms in total. The van der Waals surface area contributed by atoms with Gasteiger partial charge in [0.1, 0.15) is 0 Å². The molecule has 1 fully saturated rings. The molecule has 1 aromatic rings. The zero-order valence-corrected chi connectivity index (χ0v) is 12.9. The van der Waals surface area contributed by atoms with Gasteiger partial charge in [-0.15, -0.1) is 0 Å². The quantitative estimate of drug-likeness (QED) is 0.866. The first-order valence-electron chi connectivity index (χ1n) is 7.58. The van der Waals surface area contributed by atoms with Gasteiger partial charge >= 0.3 is 0 Å². The fraction of sp³-hybridized carbons (Fsp3) is 0.444. The van der Waals surface area contributed by atoms with Crippen LogP contribution in [0.3, 0.4) is 0 Å². The predicted octanol–water partition coefficient (Wildman–Crippen LogP) is 2.65. The van der Waals surface area contributed by atoms with E-state index in [9.17, 15) is 15.2 Å². The molecule has 22 heavy (non-hydrogen) atoms.